The van der Waals surface area contributed by atoms with Crippen LogP contribution in [0.4, 0.5) is 5.82 Å². The molecule has 3 heterocycles. The zero-order chi connectivity index (χ0) is 16.4. The lowest BCUT2D eigenvalue weighted by molar-refractivity contribution is -0.144. The fourth-order valence-electron chi connectivity index (χ4n) is 3.26. The molecule has 0 radical (unpaired) electrons. The number of piperidine rings is 1. The standard InChI is InChI=1S/C17H24N4O2/c1-13-3-5-18-15(11-13)20-7-9-21(10-8-20)17(23)14-4-6-19(2)16(22)12-14/h3,5,11,14H,4,6-10,12H2,1-2H3. The minimum Gasteiger partial charge on any atom is -0.353 e. The Labute approximate surface area is 137 Å². The van der Waals surface area contributed by atoms with E-state index in [1.807, 2.05) is 17.2 Å². The van der Waals surface area contributed by atoms with Crippen molar-refractivity contribution < 1.29 is 9.59 Å². The number of amides is 2. The Hall–Kier alpha value is -2.11. The van der Waals surface area contributed by atoms with Gasteiger partial charge in [-0.1, -0.05) is 0 Å². The van der Waals surface area contributed by atoms with E-state index in [2.05, 4.69) is 22.9 Å². The molecule has 124 valence electrons. The number of piperazine rings is 1. The Morgan fingerprint density at radius 2 is 1.96 bits per heavy atom. The number of aromatic nitrogens is 1. The van der Waals surface area contributed by atoms with Crippen LogP contribution in [-0.4, -0.2) is 66.4 Å². The van der Waals surface area contributed by atoms with Gasteiger partial charge in [0.1, 0.15) is 5.82 Å². The summed E-state index contributed by atoms with van der Waals surface area (Å²) in [5.74, 6) is 1.06. The average molecular weight is 316 g/mol. The molecule has 2 saturated heterocycles. The van der Waals surface area contributed by atoms with E-state index in [1.165, 1.54) is 5.56 Å². The molecule has 0 bridgehead atoms. The van der Waals surface area contributed by atoms with E-state index in [-0.39, 0.29) is 17.7 Å². The Balaban J connectivity index is 1.56. The first-order valence-electron chi connectivity index (χ1n) is 8.25. The lowest BCUT2D eigenvalue weighted by Gasteiger charge is -2.38. The summed E-state index contributed by atoms with van der Waals surface area (Å²) in [7, 11) is 1.80. The summed E-state index contributed by atoms with van der Waals surface area (Å²) in [4.78, 5) is 34.7. The second-order valence-electron chi connectivity index (χ2n) is 6.51. The number of pyridine rings is 1. The highest BCUT2D eigenvalue weighted by Gasteiger charge is 2.32. The Morgan fingerprint density at radius 1 is 1.22 bits per heavy atom. The molecule has 3 rings (SSSR count). The summed E-state index contributed by atoms with van der Waals surface area (Å²) in [6.07, 6.45) is 2.96. The van der Waals surface area contributed by atoms with E-state index in [9.17, 15) is 9.59 Å². The predicted molar refractivity (Wildman–Crippen MR) is 88.1 cm³/mol. The van der Waals surface area contributed by atoms with Gasteiger partial charge in [-0.2, -0.15) is 0 Å². The average Bonchev–Trinajstić information content (AvgIpc) is 2.57. The number of carbonyl (C=O) groups excluding carboxylic acids is 2. The van der Waals surface area contributed by atoms with Gasteiger partial charge in [-0.05, 0) is 31.0 Å². The molecule has 0 N–H and O–H groups in total. The van der Waals surface area contributed by atoms with Crippen molar-refractivity contribution in [1.29, 1.82) is 0 Å². The van der Waals surface area contributed by atoms with E-state index in [0.717, 1.165) is 25.3 Å². The van der Waals surface area contributed by atoms with Crippen LogP contribution in [0.15, 0.2) is 18.3 Å². The first-order valence-corrected chi connectivity index (χ1v) is 8.25. The van der Waals surface area contributed by atoms with Crippen molar-refractivity contribution in [3.8, 4) is 0 Å². The maximum absolute atomic E-state index is 12.6. The largest absolute Gasteiger partial charge is 0.353 e. The topological polar surface area (TPSA) is 56.8 Å². The van der Waals surface area contributed by atoms with Gasteiger partial charge >= 0.3 is 0 Å². The van der Waals surface area contributed by atoms with Crippen LogP contribution in [0.2, 0.25) is 0 Å². The molecule has 0 saturated carbocycles. The van der Waals surface area contributed by atoms with Crippen LogP contribution < -0.4 is 4.90 Å². The van der Waals surface area contributed by atoms with Crippen molar-refractivity contribution in [3.05, 3.63) is 23.9 Å². The van der Waals surface area contributed by atoms with Crippen LogP contribution in [0.3, 0.4) is 0 Å². The highest BCUT2D eigenvalue weighted by atomic mass is 16.2. The third-order valence-corrected chi connectivity index (χ3v) is 4.83. The fraction of sp³-hybridized carbons (Fsp3) is 0.588. The Kier molecular flexibility index (Phi) is 4.50. The number of anilines is 1. The minimum absolute atomic E-state index is 0.0807. The first kappa shape index (κ1) is 15.8. The third-order valence-electron chi connectivity index (χ3n) is 4.83. The van der Waals surface area contributed by atoms with Crippen LogP contribution in [0.25, 0.3) is 0 Å². The normalized spacial score (nSPS) is 22.4. The summed E-state index contributed by atoms with van der Waals surface area (Å²) in [5.41, 5.74) is 1.19. The molecular formula is C17H24N4O2. The monoisotopic (exact) mass is 316 g/mol. The molecule has 1 aromatic rings. The molecule has 2 amide bonds. The molecule has 2 fully saturated rings. The molecule has 6 heteroatoms. The lowest BCUT2D eigenvalue weighted by atomic mass is 9.94. The first-order chi connectivity index (χ1) is 11.0. The summed E-state index contributed by atoms with van der Waals surface area (Å²) in [6, 6.07) is 4.06. The minimum atomic E-state index is -0.137. The maximum Gasteiger partial charge on any atom is 0.226 e. The van der Waals surface area contributed by atoms with Gasteiger partial charge in [0.15, 0.2) is 0 Å². The third kappa shape index (κ3) is 3.46. The van der Waals surface area contributed by atoms with Crippen LogP contribution in [0.1, 0.15) is 18.4 Å². The number of nitrogens with zero attached hydrogens (tertiary/aromatic N) is 4. The molecule has 1 aromatic heterocycles. The predicted octanol–water partition coefficient (Wildman–Crippen LogP) is 0.907. The van der Waals surface area contributed by atoms with Crippen molar-refractivity contribution >= 4 is 17.6 Å². The number of likely N-dealkylation sites (tertiary alicyclic amines) is 1. The summed E-state index contributed by atoms with van der Waals surface area (Å²) < 4.78 is 0. The van der Waals surface area contributed by atoms with Crippen LogP contribution >= 0.6 is 0 Å². The van der Waals surface area contributed by atoms with Crippen molar-refractivity contribution in [2.75, 3.05) is 44.7 Å². The second-order valence-corrected chi connectivity index (χ2v) is 6.51. The highest BCUT2D eigenvalue weighted by Crippen LogP contribution is 2.21. The van der Waals surface area contributed by atoms with Gasteiger partial charge in [-0.3, -0.25) is 9.59 Å². The van der Waals surface area contributed by atoms with E-state index in [1.54, 1.807) is 11.9 Å². The molecule has 1 unspecified atom stereocenters. The SMILES string of the molecule is Cc1ccnc(N2CCN(C(=O)C3CCN(C)C(=O)C3)CC2)c1. The number of carbonyl (C=O) groups is 2. The zero-order valence-electron chi connectivity index (χ0n) is 13.9. The second kappa shape index (κ2) is 6.56. The molecule has 1 atom stereocenters. The van der Waals surface area contributed by atoms with Gasteiger partial charge in [0.05, 0.1) is 0 Å². The zero-order valence-corrected chi connectivity index (χ0v) is 13.9. The van der Waals surface area contributed by atoms with Crippen LogP contribution in [0, 0.1) is 12.8 Å². The smallest absolute Gasteiger partial charge is 0.226 e. The molecule has 0 aromatic carbocycles. The number of hydrogen-bond acceptors (Lipinski definition) is 4. The van der Waals surface area contributed by atoms with Crippen molar-refractivity contribution in [2.24, 2.45) is 5.92 Å². The highest BCUT2D eigenvalue weighted by molar-refractivity contribution is 5.87. The number of hydrogen-bond donors (Lipinski definition) is 0. The van der Waals surface area contributed by atoms with Gasteiger partial charge in [0.25, 0.3) is 0 Å². The van der Waals surface area contributed by atoms with Gasteiger partial charge < -0.3 is 14.7 Å². The van der Waals surface area contributed by atoms with Gasteiger partial charge in [-0.15, -0.1) is 0 Å². The molecule has 0 spiro atoms. The Morgan fingerprint density at radius 3 is 2.61 bits per heavy atom. The summed E-state index contributed by atoms with van der Waals surface area (Å²) >= 11 is 0. The molecular weight excluding hydrogens is 292 g/mol. The van der Waals surface area contributed by atoms with Gasteiger partial charge in [0, 0.05) is 58.3 Å². The van der Waals surface area contributed by atoms with E-state index < -0.39 is 0 Å². The van der Waals surface area contributed by atoms with Crippen LogP contribution in [-0.2, 0) is 9.59 Å². The fourth-order valence-corrected chi connectivity index (χ4v) is 3.26. The number of rotatable bonds is 2. The van der Waals surface area contributed by atoms with Crippen molar-refractivity contribution in [1.82, 2.24) is 14.8 Å². The molecule has 0 aliphatic carbocycles. The van der Waals surface area contributed by atoms with Crippen molar-refractivity contribution in [3.63, 3.8) is 0 Å². The summed E-state index contributed by atoms with van der Waals surface area (Å²) in [6.45, 7) is 5.74. The molecule has 2 aliphatic rings. The molecule has 23 heavy (non-hydrogen) atoms. The molecule has 2 aliphatic heterocycles. The van der Waals surface area contributed by atoms with E-state index >= 15 is 0 Å². The van der Waals surface area contributed by atoms with E-state index in [4.69, 9.17) is 0 Å². The van der Waals surface area contributed by atoms with Crippen LogP contribution in [0.5, 0.6) is 0 Å². The lowest BCUT2D eigenvalue weighted by Crippen LogP contribution is -2.52. The van der Waals surface area contributed by atoms with Gasteiger partial charge in [-0.25, -0.2) is 4.98 Å². The van der Waals surface area contributed by atoms with Gasteiger partial charge in [0.2, 0.25) is 11.8 Å². The van der Waals surface area contributed by atoms with Crippen molar-refractivity contribution in [2.45, 2.75) is 19.8 Å². The Bertz CT molecular complexity index is 596. The van der Waals surface area contributed by atoms with E-state index in [0.29, 0.717) is 26.1 Å². The molecule has 6 nitrogen and oxygen atoms in total. The maximum atomic E-state index is 12.6. The number of aryl methyl sites for hydroxylation is 1. The quantitative estimate of drug-likeness (QED) is 0.814. The summed E-state index contributed by atoms with van der Waals surface area (Å²) in [5, 5.41) is 0.